The van der Waals surface area contributed by atoms with E-state index < -0.39 is 0 Å². The highest BCUT2D eigenvalue weighted by molar-refractivity contribution is 5.78. The molecule has 1 N–H and O–H groups in total. The maximum absolute atomic E-state index is 11.9. The van der Waals surface area contributed by atoms with E-state index in [1.165, 1.54) is 12.8 Å². The van der Waals surface area contributed by atoms with Gasteiger partial charge in [-0.05, 0) is 31.7 Å². The van der Waals surface area contributed by atoms with Gasteiger partial charge in [0.15, 0.2) is 0 Å². The van der Waals surface area contributed by atoms with Crippen molar-refractivity contribution >= 4 is 5.91 Å². The molecule has 0 saturated carbocycles. The smallest absolute Gasteiger partial charge is 0.225 e. The Balaban J connectivity index is 2.21. The van der Waals surface area contributed by atoms with E-state index in [1.807, 2.05) is 18.7 Å². The molecule has 3 heteroatoms. The van der Waals surface area contributed by atoms with Crippen molar-refractivity contribution in [2.75, 3.05) is 19.6 Å². The predicted molar refractivity (Wildman–Crippen MR) is 76.5 cm³/mol. The molecule has 0 aromatic rings. The van der Waals surface area contributed by atoms with E-state index in [-0.39, 0.29) is 5.92 Å². The van der Waals surface area contributed by atoms with Gasteiger partial charge in [0, 0.05) is 25.0 Å². The summed E-state index contributed by atoms with van der Waals surface area (Å²) >= 11 is 0. The first-order valence-electron chi connectivity index (χ1n) is 7.56. The minimum atomic E-state index is 0.138. The molecule has 0 aliphatic carbocycles. The van der Waals surface area contributed by atoms with Gasteiger partial charge in [-0.1, -0.05) is 34.1 Å². The molecule has 18 heavy (non-hydrogen) atoms. The van der Waals surface area contributed by atoms with Gasteiger partial charge in [0.25, 0.3) is 0 Å². The molecule has 1 heterocycles. The molecule has 0 aromatic heterocycles. The number of likely N-dealkylation sites (tertiary alicyclic amines) is 1. The fourth-order valence-electron chi connectivity index (χ4n) is 2.63. The van der Waals surface area contributed by atoms with Crippen LogP contribution in [0.5, 0.6) is 0 Å². The number of carbonyl (C=O) groups is 1. The summed E-state index contributed by atoms with van der Waals surface area (Å²) in [5.74, 6) is 1.22. The van der Waals surface area contributed by atoms with Gasteiger partial charge < -0.3 is 10.2 Å². The summed E-state index contributed by atoms with van der Waals surface area (Å²) in [7, 11) is 0. The van der Waals surface area contributed by atoms with Crippen LogP contribution >= 0.6 is 0 Å². The van der Waals surface area contributed by atoms with E-state index in [4.69, 9.17) is 0 Å². The largest absolute Gasteiger partial charge is 0.342 e. The molecular formula is C15H30N2O. The second kappa shape index (κ2) is 7.78. The number of piperidine rings is 1. The lowest BCUT2D eigenvalue weighted by molar-refractivity contribution is -0.135. The first kappa shape index (κ1) is 15.5. The zero-order valence-corrected chi connectivity index (χ0v) is 12.5. The van der Waals surface area contributed by atoms with Crippen molar-refractivity contribution in [3.63, 3.8) is 0 Å². The Hall–Kier alpha value is -0.570. The standard InChI is InChI=1S/C15H30N2O/c1-5-6-13(4)11-16-14-7-9-17(10-8-14)15(18)12(2)3/h12-14,16H,5-11H2,1-4H3. The van der Waals surface area contributed by atoms with E-state index in [0.29, 0.717) is 11.9 Å². The average Bonchev–Trinajstić information content (AvgIpc) is 2.36. The van der Waals surface area contributed by atoms with Crippen molar-refractivity contribution < 1.29 is 4.79 Å². The van der Waals surface area contributed by atoms with Gasteiger partial charge in [0.1, 0.15) is 0 Å². The van der Waals surface area contributed by atoms with Gasteiger partial charge in [-0.15, -0.1) is 0 Å². The van der Waals surface area contributed by atoms with Gasteiger partial charge in [-0.2, -0.15) is 0 Å². The molecule has 0 bridgehead atoms. The first-order chi connectivity index (χ1) is 8.54. The highest BCUT2D eigenvalue weighted by Crippen LogP contribution is 2.14. The number of nitrogens with one attached hydrogen (secondary N) is 1. The SMILES string of the molecule is CCCC(C)CNC1CCN(C(=O)C(C)C)CC1. The minimum Gasteiger partial charge on any atom is -0.342 e. The lowest BCUT2D eigenvalue weighted by Crippen LogP contribution is -2.46. The Kier molecular flexibility index (Phi) is 6.69. The summed E-state index contributed by atoms with van der Waals surface area (Å²) in [6.45, 7) is 11.5. The fourth-order valence-corrected chi connectivity index (χ4v) is 2.63. The van der Waals surface area contributed by atoms with Crippen LogP contribution in [0.3, 0.4) is 0 Å². The molecule has 1 amide bonds. The third-order valence-electron chi connectivity index (χ3n) is 3.84. The summed E-state index contributed by atoms with van der Waals surface area (Å²) < 4.78 is 0. The second-order valence-electron chi connectivity index (χ2n) is 6.06. The van der Waals surface area contributed by atoms with Gasteiger partial charge in [0.05, 0.1) is 0 Å². The molecular weight excluding hydrogens is 224 g/mol. The highest BCUT2D eigenvalue weighted by Gasteiger charge is 2.23. The van der Waals surface area contributed by atoms with Crippen LogP contribution in [-0.2, 0) is 4.79 Å². The van der Waals surface area contributed by atoms with Crippen molar-refractivity contribution in [1.29, 1.82) is 0 Å². The number of nitrogens with zero attached hydrogens (tertiary/aromatic N) is 1. The Morgan fingerprint density at radius 3 is 2.39 bits per heavy atom. The Morgan fingerprint density at radius 1 is 1.28 bits per heavy atom. The van der Waals surface area contributed by atoms with E-state index in [2.05, 4.69) is 19.2 Å². The number of amides is 1. The van der Waals surface area contributed by atoms with Crippen LogP contribution < -0.4 is 5.32 Å². The molecule has 0 aromatic carbocycles. The van der Waals surface area contributed by atoms with E-state index in [9.17, 15) is 4.79 Å². The van der Waals surface area contributed by atoms with Gasteiger partial charge in [-0.25, -0.2) is 0 Å². The molecule has 1 saturated heterocycles. The molecule has 106 valence electrons. The van der Waals surface area contributed by atoms with Crippen LogP contribution in [0.2, 0.25) is 0 Å². The van der Waals surface area contributed by atoms with Crippen LogP contribution in [0.15, 0.2) is 0 Å². The lowest BCUT2D eigenvalue weighted by atomic mass is 10.0. The number of hydrogen-bond acceptors (Lipinski definition) is 2. The molecule has 1 aliphatic heterocycles. The minimum absolute atomic E-state index is 0.138. The topological polar surface area (TPSA) is 32.3 Å². The molecule has 1 atom stereocenters. The summed E-state index contributed by atoms with van der Waals surface area (Å²) in [5, 5.41) is 3.66. The second-order valence-corrected chi connectivity index (χ2v) is 6.06. The summed E-state index contributed by atoms with van der Waals surface area (Å²) in [4.78, 5) is 13.9. The normalized spacial score (nSPS) is 19.3. The monoisotopic (exact) mass is 254 g/mol. The fraction of sp³-hybridized carbons (Fsp3) is 0.933. The number of hydrogen-bond donors (Lipinski definition) is 1. The molecule has 1 rings (SSSR count). The predicted octanol–water partition coefficient (Wildman–Crippen LogP) is 2.66. The van der Waals surface area contributed by atoms with Crippen molar-refractivity contribution in [2.24, 2.45) is 11.8 Å². The van der Waals surface area contributed by atoms with Crippen molar-refractivity contribution in [3.8, 4) is 0 Å². The van der Waals surface area contributed by atoms with Crippen LogP contribution in [0.25, 0.3) is 0 Å². The molecule has 3 nitrogen and oxygen atoms in total. The van der Waals surface area contributed by atoms with Crippen molar-refractivity contribution in [1.82, 2.24) is 10.2 Å². The summed E-state index contributed by atoms with van der Waals surface area (Å²) in [6, 6.07) is 0.612. The van der Waals surface area contributed by atoms with E-state index in [0.717, 1.165) is 38.4 Å². The van der Waals surface area contributed by atoms with Crippen LogP contribution in [0.4, 0.5) is 0 Å². The molecule has 0 radical (unpaired) electrons. The van der Waals surface area contributed by atoms with Gasteiger partial charge in [-0.3, -0.25) is 4.79 Å². The Bertz CT molecular complexity index is 245. The number of rotatable bonds is 6. The van der Waals surface area contributed by atoms with Crippen LogP contribution in [0, 0.1) is 11.8 Å². The lowest BCUT2D eigenvalue weighted by Gasteiger charge is -2.34. The molecule has 0 spiro atoms. The van der Waals surface area contributed by atoms with Crippen LogP contribution in [-0.4, -0.2) is 36.5 Å². The van der Waals surface area contributed by atoms with Crippen molar-refractivity contribution in [2.45, 2.75) is 59.4 Å². The third kappa shape index (κ3) is 4.97. The van der Waals surface area contributed by atoms with E-state index in [1.54, 1.807) is 0 Å². The Morgan fingerprint density at radius 2 is 1.89 bits per heavy atom. The highest BCUT2D eigenvalue weighted by atomic mass is 16.2. The quantitative estimate of drug-likeness (QED) is 0.790. The molecule has 1 aliphatic rings. The first-order valence-corrected chi connectivity index (χ1v) is 7.56. The average molecular weight is 254 g/mol. The van der Waals surface area contributed by atoms with Gasteiger partial charge >= 0.3 is 0 Å². The zero-order valence-electron chi connectivity index (χ0n) is 12.5. The molecule has 1 unspecified atom stereocenters. The third-order valence-corrected chi connectivity index (χ3v) is 3.84. The zero-order chi connectivity index (χ0) is 13.5. The summed E-state index contributed by atoms with van der Waals surface area (Å²) in [5.41, 5.74) is 0. The van der Waals surface area contributed by atoms with E-state index >= 15 is 0 Å². The Labute approximate surface area is 112 Å². The molecule has 1 fully saturated rings. The van der Waals surface area contributed by atoms with Crippen molar-refractivity contribution in [3.05, 3.63) is 0 Å². The van der Waals surface area contributed by atoms with Crippen LogP contribution in [0.1, 0.15) is 53.4 Å². The number of carbonyl (C=O) groups excluding carboxylic acids is 1. The maximum atomic E-state index is 11.9. The van der Waals surface area contributed by atoms with Gasteiger partial charge in [0.2, 0.25) is 5.91 Å². The maximum Gasteiger partial charge on any atom is 0.225 e. The summed E-state index contributed by atoms with van der Waals surface area (Å²) in [6.07, 6.45) is 4.79.